The van der Waals surface area contributed by atoms with Gasteiger partial charge in [0, 0.05) is 13.0 Å². The van der Waals surface area contributed by atoms with Crippen molar-refractivity contribution in [3.05, 3.63) is 0 Å². The average molecular weight is 375 g/mol. The average Bonchev–Trinajstić information content (AvgIpc) is 2.65. The van der Waals surface area contributed by atoms with Crippen LogP contribution in [0.4, 0.5) is 0 Å². The standard InChI is InChI=1S/C23H42N4/c24-21-17-13-9-5-1-2-6-10-14-18-22(21)26-27-23-19-15-11-7-3-4-8-12-16-20-25-23/h24H,1-20H2,(H,25,27). The predicted octanol–water partition coefficient (Wildman–Crippen LogP) is 6.79. The number of amidine groups is 1. The third-order valence-electron chi connectivity index (χ3n) is 5.88. The summed E-state index contributed by atoms with van der Waals surface area (Å²) in [6.07, 6.45) is 23.6. The first-order chi connectivity index (χ1) is 13.4. The van der Waals surface area contributed by atoms with Gasteiger partial charge in [-0.15, -0.1) is 0 Å². The third-order valence-corrected chi connectivity index (χ3v) is 5.88. The zero-order valence-electron chi connectivity index (χ0n) is 17.5. The van der Waals surface area contributed by atoms with Gasteiger partial charge in [-0.1, -0.05) is 77.0 Å². The molecular formula is C23H42N4. The van der Waals surface area contributed by atoms with Crippen LogP contribution in [0.25, 0.3) is 0 Å². The molecule has 1 saturated carbocycles. The largest absolute Gasteiger partial charge is 0.303 e. The number of hydrogen-bond acceptors (Lipinski definition) is 4. The highest BCUT2D eigenvalue weighted by Gasteiger charge is 2.10. The van der Waals surface area contributed by atoms with Crippen molar-refractivity contribution < 1.29 is 0 Å². The van der Waals surface area contributed by atoms with E-state index < -0.39 is 0 Å². The molecule has 2 rings (SSSR count). The summed E-state index contributed by atoms with van der Waals surface area (Å²) in [5.41, 5.74) is 5.01. The maximum absolute atomic E-state index is 8.48. The predicted molar refractivity (Wildman–Crippen MR) is 118 cm³/mol. The van der Waals surface area contributed by atoms with Gasteiger partial charge in [-0.05, 0) is 38.5 Å². The Bertz CT molecular complexity index is 467. The first-order valence-electron chi connectivity index (χ1n) is 11.8. The van der Waals surface area contributed by atoms with Gasteiger partial charge in [0.05, 0.1) is 11.4 Å². The van der Waals surface area contributed by atoms with E-state index in [9.17, 15) is 0 Å². The normalized spacial score (nSPS) is 24.7. The van der Waals surface area contributed by atoms with E-state index in [-0.39, 0.29) is 0 Å². The van der Waals surface area contributed by atoms with Gasteiger partial charge in [0.25, 0.3) is 0 Å². The Morgan fingerprint density at radius 2 is 1.07 bits per heavy atom. The maximum atomic E-state index is 8.48. The van der Waals surface area contributed by atoms with Crippen molar-refractivity contribution in [2.45, 2.75) is 122 Å². The lowest BCUT2D eigenvalue weighted by molar-refractivity contribution is 0.566. The number of aliphatic imine (C=N–C) groups is 1. The van der Waals surface area contributed by atoms with Crippen molar-refractivity contribution in [1.29, 1.82) is 5.41 Å². The molecule has 1 aliphatic heterocycles. The van der Waals surface area contributed by atoms with Crippen LogP contribution in [0.1, 0.15) is 122 Å². The summed E-state index contributed by atoms with van der Waals surface area (Å²) in [6, 6.07) is 0. The summed E-state index contributed by atoms with van der Waals surface area (Å²) in [5, 5.41) is 13.2. The number of hydrogen-bond donors (Lipinski definition) is 2. The SMILES string of the molecule is N=C1CCCCCCCCCCC1=NNC1=NCCCCCCCCCC1. The summed E-state index contributed by atoms with van der Waals surface area (Å²) in [7, 11) is 0. The summed E-state index contributed by atoms with van der Waals surface area (Å²) in [6.45, 7) is 0.921. The molecule has 4 nitrogen and oxygen atoms in total. The summed E-state index contributed by atoms with van der Waals surface area (Å²) in [5.74, 6) is 1.04. The van der Waals surface area contributed by atoms with Gasteiger partial charge < -0.3 is 5.41 Å². The van der Waals surface area contributed by atoms with E-state index in [2.05, 4.69) is 5.43 Å². The smallest absolute Gasteiger partial charge is 0.117 e. The Morgan fingerprint density at radius 3 is 1.70 bits per heavy atom. The van der Waals surface area contributed by atoms with Crippen LogP contribution < -0.4 is 5.43 Å². The minimum atomic E-state index is 0.747. The fraction of sp³-hybridized carbons (Fsp3) is 0.870. The first-order valence-corrected chi connectivity index (χ1v) is 11.8. The van der Waals surface area contributed by atoms with Gasteiger partial charge in [0.15, 0.2) is 0 Å². The second-order valence-electron chi connectivity index (χ2n) is 8.38. The van der Waals surface area contributed by atoms with Crippen LogP contribution in [0.15, 0.2) is 10.1 Å². The van der Waals surface area contributed by atoms with Crippen LogP contribution in [0.3, 0.4) is 0 Å². The van der Waals surface area contributed by atoms with Crippen LogP contribution >= 0.6 is 0 Å². The van der Waals surface area contributed by atoms with Crippen LogP contribution in [0.5, 0.6) is 0 Å². The highest BCUT2D eigenvalue weighted by atomic mass is 15.3. The quantitative estimate of drug-likeness (QED) is 0.488. The van der Waals surface area contributed by atoms with Gasteiger partial charge >= 0.3 is 0 Å². The second-order valence-corrected chi connectivity index (χ2v) is 8.38. The maximum Gasteiger partial charge on any atom is 0.117 e. The number of nitrogens with one attached hydrogen (secondary N) is 2. The molecule has 27 heavy (non-hydrogen) atoms. The Labute approximate surface area is 167 Å². The van der Waals surface area contributed by atoms with Crippen LogP contribution in [0, 0.1) is 5.41 Å². The van der Waals surface area contributed by atoms with E-state index in [4.69, 9.17) is 15.5 Å². The van der Waals surface area contributed by atoms with Gasteiger partial charge in [-0.3, -0.25) is 10.4 Å². The van der Waals surface area contributed by atoms with E-state index in [1.54, 1.807) is 0 Å². The topological polar surface area (TPSA) is 60.6 Å². The molecule has 0 saturated heterocycles. The third kappa shape index (κ3) is 10.7. The van der Waals surface area contributed by atoms with Crippen molar-refractivity contribution >= 4 is 17.3 Å². The molecule has 0 radical (unpaired) electrons. The highest BCUT2D eigenvalue weighted by Crippen LogP contribution is 2.15. The van der Waals surface area contributed by atoms with Crippen molar-refractivity contribution in [1.82, 2.24) is 5.43 Å². The Balaban J connectivity index is 1.92. The Morgan fingerprint density at radius 1 is 0.593 bits per heavy atom. The van der Waals surface area contributed by atoms with Crippen molar-refractivity contribution in [3.8, 4) is 0 Å². The molecule has 2 N–H and O–H groups in total. The van der Waals surface area contributed by atoms with E-state index in [0.29, 0.717) is 0 Å². The van der Waals surface area contributed by atoms with Gasteiger partial charge in [-0.2, -0.15) is 5.10 Å². The van der Waals surface area contributed by atoms with Crippen molar-refractivity contribution in [2.75, 3.05) is 6.54 Å². The minimum absolute atomic E-state index is 0.747. The van der Waals surface area contributed by atoms with E-state index in [0.717, 1.165) is 55.9 Å². The summed E-state index contributed by atoms with van der Waals surface area (Å²) < 4.78 is 0. The molecule has 0 unspecified atom stereocenters. The minimum Gasteiger partial charge on any atom is -0.303 e. The van der Waals surface area contributed by atoms with Gasteiger partial charge in [-0.25, -0.2) is 0 Å². The zero-order valence-corrected chi connectivity index (χ0v) is 17.5. The van der Waals surface area contributed by atoms with Gasteiger partial charge in [0.1, 0.15) is 5.84 Å². The lowest BCUT2D eigenvalue weighted by Crippen LogP contribution is -2.24. The molecule has 1 aliphatic carbocycles. The van der Waals surface area contributed by atoms with Gasteiger partial charge in [0.2, 0.25) is 0 Å². The van der Waals surface area contributed by atoms with Crippen LogP contribution in [-0.4, -0.2) is 23.8 Å². The molecule has 0 aromatic carbocycles. The number of hydrazone groups is 1. The van der Waals surface area contributed by atoms with Crippen LogP contribution in [-0.2, 0) is 0 Å². The molecule has 1 heterocycles. The molecular weight excluding hydrogens is 332 g/mol. The summed E-state index contributed by atoms with van der Waals surface area (Å²) >= 11 is 0. The van der Waals surface area contributed by atoms with E-state index in [1.807, 2.05) is 0 Å². The number of rotatable bonds is 1. The van der Waals surface area contributed by atoms with Crippen molar-refractivity contribution in [3.63, 3.8) is 0 Å². The Hall–Kier alpha value is -1.19. The van der Waals surface area contributed by atoms with Crippen LogP contribution in [0.2, 0.25) is 0 Å². The van der Waals surface area contributed by atoms with Crippen molar-refractivity contribution in [2.24, 2.45) is 10.1 Å². The fourth-order valence-electron chi connectivity index (χ4n) is 4.05. The molecule has 0 atom stereocenters. The lowest BCUT2D eigenvalue weighted by Gasteiger charge is -2.13. The second kappa shape index (κ2) is 14.8. The monoisotopic (exact) mass is 374 g/mol. The molecule has 0 aromatic rings. The molecule has 154 valence electrons. The lowest BCUT2D eigenvalue weighted by atomic mass is 9.99. The fourth-order valence-corrected chi connectivity index (χ4v) is 4.05. The van der Waals surface area contributed by atoms with E-state index >= 15 is 0 Å². The zero-order chi connectivity index (χ0) is 19.0. The van der Waals surface area contributed by atoms with E-state index in [1.165, 1.54) is 89.9 Å². The molecule has 0 amide bonds. The molecule has 1 fully saturated rings. The highest BCUT2D eigenvalue weighted by molar-refractivity contribution is 6.41. The first kappa shape index (κ1) is 22.1. The summed E-state index contributed by atoms with van der Waals surface area (Å²) in [4.78, 5) is 4.80. The molecule has 0 spiro atoms. The molecule has 2 aliphatic rings. The molecule has 0 aromatic heterocycles. The molecule has 4 heteroatoms. The Kier molecular flexibility index (Phi) is 12.1. The molecule has 0 bridgehead atoms. The number of nitrogens with zero attached hydrogens (tertiary/aromatic N) is 2.